The lowest BCUT2D eigenvalue weighted by Crippen LogP contribution is -2.29. The van der Waals surface area contributed by atoms with E-state index in [1.807, 2.05) is 49.4 Å². The molecule has 1 fully saturated rings. The Hall–Kier alpha value is -2.54. The molecule has 0 aliphatic carbocycles. The molecule has 3 aromatic rings. The number of halogens is 1. The lowest BCUT2D eigenvalue weighted by Gasteiger charge is -2.11. The summed E-state index contributed by atoms with van der Waals surface area (Å²) in [6, 6.07) is 15.9. The van der Waals surface area contributed by atoms with Crippen LogP contribution in [0.25, 0.3) is 17.0 Å². The maximum Gasteiger partial charge on any atom is 0.293 e. The van der Waals surface area contributed by atoms with Gasteiger partial charge in [-0.1, -0.05) is 41.9 Å². The Morgan fingerprint density at radius 2 is 1.84 bits per heavy atom. The molecule has 0 spiro atoms. The van der Waals surface area contributed by atoms with Gasteiger partial charge in [-0.2, -0.15) is 0 Å². The third-order valence-electron chi connectivity index (χ3n) is 5.41. The number of ether oxygens (including phenoxy) is 1. The fraction of sp³-hybridized carbons (Fsp3) is 0.250. The number of benzene rings is 2. The normalized spacial score (nSPS) is 15.6. The molecule has 1 aliphatic heterocycles. The van der Waals surface area contributed by atoms with Crippen molar-refractivity contribution in [2.24, 2.45) is 0 Å². The van der Waals surface area contributed by atoms with Crippen molar-refractivity contribution in [1.82, 2.24) is 9.47 Å². The van der Waals surface area contributed by atoms with E-state index in [-0.39, 0.29) is 11.1 Å². The summed E-state index contributed by atoms with van der Waals surface area (Å²) in [6.45, 7) is 3.62. The van der Waals surface area contributed by atoms with E-state index in [2.05, 4.69) is 16.7 Å². The monoisotopic (exact) mass is 454 g/mol. The Balaban J connectivity index is 1.70. The summed E-state index contributed by atoms with van der Waals surface area (Å²) in [5.41, 5.74) is 4.23. The van der Waals surface area contributed by atoms with E-state index in [0.29, 0.717) is 36.0 Å². The van der Waals surface area contributed by atoms with Gasteiger partial charge < -0.3 is 9.30 Å². The van der Waals surface area contributed by atoms with Crippen molar-refractivity contribution in [3.63, 3.8) is 0 Å². The minimum absolute atomic E-state index is 0.227. The first kappa shape index (κ1) is 21.7. The second-order valence-corrected chi connectivity index (χ2v) is 8.84. The fourth-order valence-corrected chi connectivity index (χ4v) is 4.78. The molecule has 31 heavy (non-hydrogen) atoms. The number of amides is 2. The number of para-hydroxylation sites is 1. The summed E-state index contributed by atoms with van der Waals surface area (Å²) < 4.78 is 7.27. The van der Waals surface area contributed by atoms with Gasteiger partial charge in [0, 0.05) is 54.0 Å². The van der Waals surface area contributed by atoms with Crippen LogP contribution in [0.4, 0.5) is 4.79 Å². The third-order valence-corrected chi connectivity index (χ3v) is 6.57. The Labute approximate surface area is 190 Å². The molecule has 0 saturated carbocycles. The van der Waals surface area contributed by atoms with Crippen LogP contribution >= 0.6 is 23.4 Å². The highest BCUT2D eigenvalue weighted by molar-refractivity contribution is 8.18. The van der Waals surface area contributed by atoms with E-state index in [9.17, 15) is 9.59 Å². The van der Waals surface area contributed by atoms with Crippen molar-refractivity contribution < 1.29 is 14.3 Å². The molecule has 2 heterocycles. The fourth-order valence-electron chi connectivity index (χ4n) is 3.81. The second-order valence-electron chi connectivity index (χ2n) is 7.41. The zero-order valence-corrected chi connectivity index (χ0v) is 19.0. The molecule has 0 radical (unpaired) electrons. The van der Waals surface area contributed by atoms with Gasteiger partial charge in [0.1, 0.15) is 0 Å². The Morgan fingerprint density at radius 1 is 1.10 bits per heavy atom. The van der Waals surface area contributed by atoms with Crippen LogP contribution in [0.5, 0.6) is 0 Å². The van der Waals surface area contributed by atoms with Gasteiger partial charge in [-0.3, -0.25) is 14.5 Å². The highest BCUT2D eigenvalue weighted by Gasteiger charge is 2.35. The Morgan fingerprint density at radius 3 is 2.58 bits per heavy atom. The zero-order valence-electron chi connectivity index (χ0n) is 17.4. The Bertz CT molecular complexity index is 1170. The summed E-state index contributed by atoms with van der Waals surface area (Å²) in [5, 5.41) is 1.54. The number of carbonyl (C=O) groups excluding carboxylic acids is 2. The first-order chi connectivity index (χ1) is 15.0. The van der Waals surface area contributed by atoms with E-state index in [1.165, 1.54) is 4.90 Å². The summed E-state index contributed by atoms with van der Waals surface area (Å²) >= 11 is 7.03. The largest absolute Gasteiger partial charge is 0.385 e. The van der Waals surface area contributed by atoms with Crippen LogP contribution in [-0.4, -0.2) is 40.9 Å². The minimum atomic E-state index is -0.236. The lowest BCUT2D eigenvalue weighted by atomic mass is 10.1. The van der Waals surface area contributed by atoms with Gasteiger partial charge in [0.15, 0.2) is 0 Å². The van der Waals surface area contributed by atoms with Gasteiger partial charge in [0.2, 0.25) is 0 Å². The highest BCUT2D eigenvalue weighted by atomic mass is 35.5. The topological polar surface area (TPSA) is 51.5 Å². The van der Waals surface area contributed by atoms with E-state index in [4.69, 9.17) is 16.3 Å². The SMILES string of the molecule is COCCCN1C(=O)S/C(=C/c2c(C)n(Cc3ccc(Cl)cc3)c3ccccc23)C1=O. The van der Waals surface area contributed by atoms with Crippen molar-refractivity contribution in [2.75, 3.05) is 20.3 Å². The van der Waals surface area contributed by atoms with Crippen LogP contribution in [-0.2, 0) is 16.1 Å². The molecule has 160 valence electrons. The molecule has 1 saturated heterocycles. The van der Waals surface area contributed by atoms with Crippen LogP contribution in [0, 0.1) is 6.92 Å². The number of methoxy groups -OCH3 is 1. The average molecular weight is 455 g/mol. The van der Waals surface area contributed by atoms with Gasteiger partial charge in [-0.05, 0) is 54.9 Å². The smallest absolute Gasteiger partial charge is 0.293 e. The van der Waals surface area contributed by atoms with Gasteiger partial charge in [-0.15, -0.1) is 0 Å². The van der Waals surface area contributed by atoms with Crippen molar-refractivity contribution in [2.45, 2.75) is 19.9 Å². The first-order valence-electron chi connectivity index (χ1n) is 10.1. The number of carbonyl (C=O) groups is 2. The van der Waals surface area contributed by atoms with E-state index in [1.54, 1.807) is 7.11 Å². The number of fused-ring (bicyclic) bond motifs is 1. The third kappa shape index (κ3) is 4.42. The number of rotatable bonds is 7. The number of hydrogen-bond acceptors (Lipinski definition) is 4. The molecule has 0 bridgehead atoms. The summed E-state index contributed by atoms with van der Waals surface area (Å²) in [5.74, 6) is -0.236. The van der Waals surface area contributed by atoms with Gasteiger partial charge in [-0.25, -0.2) is 0 Å². The highest BCUT2D eigenvalue weighted by Crippen LogP contribution is 2.36. The first-order valence-corrected chi connectivity index (χ1v) is 11.3. The van der Waals surface area contributed by atoms with Crippen LogP contribution in [0.1, 0.15) is 23.2 Å². The molecule has 4 rings (SSSR count). The zero-order chi connectivity index (χ0) is 22.0. The van der Waals surface area contributed by atoms with Crippen LogP contribution < -0.4 is 0 Å². The number of aromatic nitrogens is 1. The summed E-state index contributed by atoms with van der Waals surface area (Å²) in [4.78, 5) is 27.0. The molecule has 2 amide bonds. The predicted octanol–water partition coefficient (Wildman–Crippen LogP) is 5.72. The molecular weight excluding hydrogens is 432 g/mol. The summed E-state index contributed by atoms with van der Waals surface area (Å²) in [6.07, 6.45) is 2.48. The maximum absolute atomic E-state index is 12.8. The van der Waals surface area contributed by atoms with Gasteiger partial charge >= 0.3 is 0 Å². The van der Waals surface area contributed by atoms with E-state index >= 15 is 0 Å². The molecule has 0 unspecified atom stereocenters. The summed E-state index contributed by atoms with van der Waals surface area (Å²) in [7, 11) is 1.61. The Kier molecular flexibility index (Phi) is 6.51. The van der Waals surface area contributed by atoms with Gasteiger partial charge in [0.25, 0.3) is 11.1 Å². The van der Waals surface area contributed by atoms with E-state index < -0.39 is 0 Å². The maximum atomic E-state index is 12.8. The van der Waals surface area contributed by atoms with E-state index in [0.717, 1.165) is 39.5 Å². The van der Waals surface area contributed by atoms with Crippen molar-refractivity contribution in [3.8, 4) is 0 Å². The number of imide groups is 1. The number of nitrogens with zero attached hydrogens (tertiary/aromatic N) is 2. The van der Waals surface area contributed by atoms with Crippen molar-refractivity contribution >= 4 is 51.5 Å². The number of hydrogen-bond donors (Lipinski definition) is 0. The molecule has 0 atom stereocenters. The van der Waals surface area contributed by atoms with Crippen molar-refractivity contribution in [3.05, 3.63) is 75.3 Å². The quantitative estimate of drug-likeness (QED) is 0.338. The number of thioether (sulfide) groups is 1. The minimum Gasteiger partial charge on any atom is -0.385 e. The molecule has 1 aromatic heterocycles. The average Bonchev–Trinajstić information content (AvgIpc) is 3.18. The predicted molar refractivity (Wildman–Crippen MR) is 126 cm³/mol. The molecule has 0 N–H and O–H groups in total. The van der Waals surface area contributed by atoms with Crippen LogP contribution in [0.15, 0.2) is 53.4 Å². The molecule has 5 nitrogen and oxygen atoms in total. The second kappa shape index (κ2) is 9.30. The molecular formula is C24H23ClN2O3S. The standard InChI is InChI=1S/C24H23ClN2O3S/c1-16-20(14-22-23(28)26(24(29)31-22)12-5-13-30-2)19-6-3-4-7-21(19)27(16)15-17-8-10-18(25)11-9-17/h3-4,6-11,14H,5,12-13,15H2,1-2H3/b22-14+. The molecule has 2 aromatic carbocycles. The molecule has 7 heteroatoms. The lowest BCUT2D eigenvalue weighted by molar-refractivity contribution is -0.122. The van der Waals surface area contributed by atoms with Gasteiger partial charge in [0.05, 0.1) is 4.91 Å². The van der Waals surface area contributed by atoms with Crippen LogP contribution in [0.2, 0.25) is 5.02 Å². The molecule has 1 aliphatic rings. The van der Waals surface area contributed by atoms with Crippen molar-refractivity contribution in [1.29, 1.82) is 0 Å². The van der Waals surface area contributed by atoms with Crippen LogP contribution in [0.3, 0.4) is 0 Å².